The molecule has 0 amide bonds. The van der Waals surface area contributed by atoms with Crippen LogP contribution in [-0.2, 0) is 4.79 Å². The normalized spacial score (nSPS) is 29.1. The van der Waals surface area contributed by atoms with Crippen LogP contribution < -0.4 is 0 Å². The van der Waals surface area contributed by atoms with Crippen LogP contribution in [0.2, 0.25) is 0 Å². The van der Waals surface area contributed by atoms with Gasteiger partial charge in [0.1, 0.15) is 0 Å². The van der Waals surface area contributed by atoms with Crippen LogP contribution in [0.25, 0.3) is 0 Å². The van der Waals surface area contributed by atoms with Crippen LogP contribution in [0.1, 0.15) is 26.2 Å². The first-order chi connectivity index (χ1) is 7.97. The highest BCUT2D eigenvalue weighted by atomic mass is 16.4. The molecule has 3 N–H and O–H groups in total. The minimum atomic E-state index is -0.743. The largest absolute Gasteiger partial charge is 0.478 e. The Kier molecular flexibility index (Phi) is 5.11. The van der Waals surface area contributed by atoms with Gasteiger partial charge in [0.25, 0.3) is 0 Å². The molecule has 5 nitrogen and oxygen atoms in total. The molecule has 0 aromatic heterocycles. The molecule has 0 aromatic carbocycles. The van der Waals surface area contributed by atoms with Gasteiger partial charge in [-0.3, -0.25) is 4.90 Å². The molecule has 17 heavy (non-hydrogen) atoms. The highest BCUT2D eigenvalue weighted by Gasteiger charge is 2.37. The van der Waals surface area contributed by atoms with E-state index in [9.17, 15) is 4.79 Å². The summed E-state index contributed by atoms with van der Waals surface area (Å²) in [5.41, 5.74) is 0.603. The van der Waals surface area contributed by atoms with Crippen molar-refractivity contribution in [2.75, 3.05) is 13.7 Å². The zero-order chi connectivity index (χ0) is 13.0. The lowest BCUT2D eigenvalue weighted by Gasteiger charge is -2.29. The Labute approximate surface area is 101 Å². The summed E-state index contributed by atoms with van der Waals surface area (Å²) < 4.78 is 0. The number of carbonyl (C=O) groups is 1. The number of nitrogens with zero attached hydrogens (tertiary/aromatic N) is 1. The molecule has 0 spiro atoms. The molecule has 3 unspecified atom stereocenters. The number of carboxylic acid groups (broad SMARTS) is 1. The van der Waals surface area contributed by atoms with E-state index in [0.29, 0.717) is 11.6 Å². The zero-order valence-electron chi connectivity index (χ0n) is 10.3. The Morgan fingerprint density at radius 1 is 1.59 bits per heavy atom. The molecule has 2 rings (SSSR count). The predicted molar refractivity (Wildman–Crippen MR) is 63.7 cm³/mol. The molecule has 2 aliphatic rings. The molecule has 0 saturated carbocycles. The summed E-state index contributed by atoms with van der Waals surface area (Å²) in [5, 5.41) is 24.9. The first kappa shape index (κ1) is 14.2. The van der Waals surface area contributed by atoms with E-state index in [1.54, 1.807) is 0 Å². The Bertz CT molecular complexity index is 301. The third-order valence-corrected chi connectivity index (χ3v) is 3.32. The van der Waals surface area contributed by atoms with Crippen molar-refractivity contribution in [3.63, 3.8) is 0 Å². The second-order valence-corrected chi connectivity index (χ2v) is 4.64. The Morgan fingerprint density at radius 2 is 2.18 bits per heavy atom. The molecule has 1 fully saturated rings. The second kappa shape index (κ2) is 6.14. The van der Waals surface area contributed by atoms with Crippen molar-refractivity contribution in [3.8, 4) is 0 Å². The van der Waals surface area contributed by atoms with Crippen molar-refractivity contribution < 1.29 is 20.1 Å². The minimum absolute atomic E-state index is 0.139. The van der Waals surface area contributed by atoms with Gasteiger partial charge in [-0.15, -0.1) is 0 Å². The fourth-order valence-corrected chi connectivity index (χ4v) is 2.30. The molecule has 0 radical (unpaired) electrons. The van der Waals surface area contributed by atoms with Gasteiger partial charge in [-0.05, 0) is 33.2 Å². The van der Waals surface area contributed by atoms with E-state index in [1.807, 2.05) is 13.1 Å². The molecule has 98 valence electrons. The third kappa shape index (κ3) is 3.52. The standard InChI is InChI=1S/C9H13NO2.C3H8O2/c1-10-6-2-4-7(9(11)12)8(10)5-3-6;1-3(5)2-4/h4,6,8H,2-3,5H2,1H3,(H,11,12);3-5H,2H2,1H3. The molecule has 3 atom stereocenters. The summed E-state index contributed by atoms with van der Waals surface area (Å²) in [5.74, 6) is -0.743. The van der Waals surface area contributed by atoms with Crippen molar-refractivity contribution >= 4 is 5.97 Å². The van der Waals surface area contributed by atoms with Crippen molar-refractivity contribution in [3.05, 3.63) is 11.6 Å². The van der Waals surface area contributed by atoms with Crippen LogP contribution in [0.3, 0.4) is 0 Å². The van der Waals surface area contributed by atoms with Crippen LogP contribution in [-0.4, -0.2) is 58.0 Å². The minimum Gasteiger partial charge on any atom is -0.478 e. The highest BCUT2D eigenvalue weighted by molar-refractivity contribution is 5.88. The molecular weight excluding hydrogens is 222 g/mol. The zero-order valence-corrected chi connectivity index (χ0v) is 10.3. The lowest BCUT2D eigenvalue weighted by atomic mass is 10.0. The van der Waals surface area contributed by atoms with Gasteiger partial charge in [-0.25, -0.2) is 4.79 Å². The van der Waals surface area contributed by atoms with Crippen molar-refractivity contribution in [2.45, 2.75) is 44.4 Å². The van der Waals surface area contributed by atoms with E-state index >= 15 is 0 Å². The summed E-state index contributed by atoms with van der Waals surface area (Å²) in [6, 6.07) is 0.777. The fraction of sp³-hybridized carbons (Fsp3) is 0.750. The first-order valence-corrected chi connectivity index (χ1v) is 5.91. The Hall–Kier alpha value is -0.910. The van der Waals surface area contributed by atoms with Gasteiger partial charge in [-0.2, -0.15) is 0 Å². The lowest BCUT2D eigenvalue weighted by molar-refractivity contribution is -0.133. The van der Waals surface area contributed by atoms with E-state index < -0.39 is 12.1 Å². The lowest BCUT2D eigenvalue weighted by Crippen LogP contribution is -2.38. The molecule has 0 aromatic rings. The number of aliphatic carboxylic acids is 1. The molecule has 2 heterocycles. The van der Waals surface area contributed by atoms with Gasteiger partial charge in [0.05, 0.1) is 18.3 Å². The fourth-order valence-electron chi connectivity index (χ4n) is 2.30. The maximum absolute atomic E-state index is 10.8. The quantitative estimate of drug-likeness (QED) is 0.646. The monoisotopic (exact) mass is 243 g/mol. The van der Waals surface area contributed by atoms with E-state index in [4.69, 9.17) is 15.3 Å². The third-order valence-electron chi connectivity index (χ3n) is 3.32. The number of aliphatic hydroxyl groups is 2. The van der Waals surface area contributed by atoms with Gasteiger partial charge in [0.15, 0.2) is 0 Å². The summed E-state index contributed by atoms with van der Waals surface area (Å²) in [6.07, 6.45) is 4.41. The number of hydrogen-bond acceptors (Lipinski definition) is 4. The summed E-state index contributed by atoms with van der Waals surface area (Å²) in [7, 11) is 2.03. The maximum atomic E-state index is 10.8. The molecule has 1 saturated heterocycles. The molecule has 2 bridgehead atoms. The average molecular weight is 243 g/mol. The van der Waals surface area contributed by atoms with Crippen LogP contribution >= 0.6 is 0 Å². The van der Waals surface area contributed by atoms with Crippen molar-refractivity contribution in [1.82, 2.24) is 4.90 Å². The Balaban J connectivity index is 0.000000249. The number of carboxylic acids is 1. The molecule has 5 heteroatoms. The summed E-state index contributed by atoms with van der Waals surface area (Å²) in [6.45, 7) is 1.39. The molecule has 2 aliphatic heterocycles. The van der Waals surface area contributed by atoms with Crippen LogP contribution in [0.5, 0.6) is 0 Å². The Morgan fingerprint density at radius 3 is 2.65 bits per heavy atom. The molecular formula is C12H21NO4. The van der Waals surface area contributed by atoms with Gasteiger partial charge >= 0.3 is 5.97 Å². The van der Waals surface area contributed by atoms with Gasteiger partial charge in [0.2, 0.25) is 0 Å². The van der Waals surface area contributed by atoms with E-state index in [0.717, 1.165) is 19.3 Å². The summed E-state index contributed by atoms with van der Waals surface area (Å²) >= 11 is 0. The molecule has 0 aliphatic carbocycles. The van der Waals surface area contributed by atoms with Gasteiger partial charge < -0.3 is 15.3 Å². The number of fused-ring (bicyclic) bond motifs is 2. The van der Waals surface area contributed by atoms with Gasteiger partial charge in [0, 0.05) is 12.1 Å². The number of aliphatic hydroxyl groups excluding tert-OH is 2. The second-order valence-electron chi connectivity index (χ2n) is 4.64. The van der Waals surface area contributed by atoms with Crippen LogP contribution in [0, 0.1) is 0 Å². The number of hydrogen-bond donors (Lipinski definition) is 3. The highest BCUT2D eigenvalue weighted by Crippen LogP contribution is 2.33. The smallest absolute Gasteiger partial charge is 0.332 e. The van der Waals surface area contributed by atoms with Crippen LogP contribution in [0.4, 0.5) is 0 Å². The topological polar surface area (TPSA) is 81.0 Å². The van der Waals surface area contributed by atoms with E-state index in [-0.39, 0.29) is 12.6 Å². The predicted octanol–water partition coefficient (Wildman–Crippen LogP) is 0.223. The maximum Gasteiger partial charge on any atom is 0.332 e. The summed E-state index contributed by atoms with van der Waals surface area (Å²) in [4.78, 5) is 13.0. The number of likely N-dealkylation sites (N-methyl/N-ethyl adjacent to an activating group) is 1. The van der Waals surface area contributed by atoms with Crippen LogP contribution in [0.15, 0.2) is 11.6 Å². The first-order valence-electron chi connectivity index (χ1n) is 5.91. The van der Waals surface area contributed by atoms with Crippen molar-refractivity contribution in [1.29, 1.82) is 0 Å². The van der Waals surface area contributed by atoms with E-state index in [1.165, 1.54) is 6.92 Å². The SMILES string of the molecule is CC(O)CO.CN1C2CC=C(C(=O)O)C1CC2. The number of rotatable bonds is 2. The average Bonchev–Trinajstić information content (AvgIpc) is 2.54. The van der Waals surface area contributed by atoms with Gasteiger partial charge in [-0.1, -0.05) is 6.08 Å². The van der Waals surface area contributed by atoms with Crippen molar-refractivity contribution in [2.24, 2.45) is 0 Å². The van der Waals surface area contributed by atoms with E-state index in [2.05, 4.69) is 4.90 Å².